The Morgan fingerprint density at radius 1 is 1.15 bits per heavy atom. The molecule has 0 spiro atoms. The Hall–Kier alpha value is -3.19. The van der Waals surface area contributed by atoms with Crippen molar-refractivity contribution in [1.29, 1.82) is 0 Å². The van der Waals surface area contributed by atoms with Crippen LogP contribution in [0.15, 0.2) is 59.6 Å². The molecule has 0 bridgehead atoms. The van der Waals surface area contributed by atoms with Crippen molar-refractivity contribution in [1.82, 2.24) is 14.8 Å². The molecule has 3 aromatic heterocycles. The molecule has 0 saturated heterocycles. The van der Waals surface area contributed by atoms with Crippen molar-refractivity contribution in [3.63, 3.8) is 0 Å². The van der Waals surface area contributed by atoms with Crippen LogP contribution in [0, 0.1) is 13.8 Å². The Bertz CT molecular complexity index is 1030. The van der Waals surface area contributed by atoms with E-state index in [1.807, 2.05) is 67.2 Å². The van der Waals surface area contributed by atoms with Gasteiger partial charge < -0.3 is 14.3 Å². The second-order valence-electron chi connectivity index (χ2n) is 5.83. The maximum atomic E-state index is 12.9. The monoisotopic (exact) mass is 364 g/mol. The highest BCUT2D eigenvalue weighted by Crippen LogP contribution is 2.31. The van der Waals surface area contributed by atoms with Crippen molar-refractivity contribution in [2.45, 2.75) is 13.8 Å². The fraction of sp³-hybridized carbons (Fsp3) is 0.105. The molecule has 0 saturated carbocycles. The van der Waals surface area contributed by atoms with E-state index in [1.165, 1.54) is 6.39 Å². The van der Waals surface area contributed by atoms with E-state index in [-0.39, 0.29) is 5.91 Å². The fourth-order valence-corrected chi connectivity index (χ4v) is 3.84. The van der Waals surface area contributed by atoms with Crippen LogP contribution in [0.5, 0.6) is 0 Å². The second-order valence-corrected chi connectivity index (χ2v) is 7.03. The van der Waals surface area contributed by atoms with Gasteiger partial charge in [0.15, 0.2) is 0 Å². The normalized spacial score (nSPS) is 10.8. The van der Waals surface area contributed by atoms with Crippen molar-refractivity contribution in [2.75, 3.05) is 5.32 Å². The van der Waals surface area contributed by atoms with Crippen LogP contribution in [0.1, 0.15) is 20.8 Å². The molecule has 0 radical (unpaired) electrons. The number of hydrogen-bond donors (Lipinski definition) is 1. The molecular weight excluding hydrogens is 348 g/mol. The van der Waals surface area contributed by atoms with E-state index in [1.54, 1.807) is 11.3 Å². The van der Waals surface area contributed by atoms with Gasteiger partial charge in [-0.25, -0.2) is 0 Å². The molecule has 0 aliphatic heterocycles. The molecule has 0 aliphatic carbocycles. The van der Waals surface area contributed by atoms with E-state index in [9.17, 15) is 4.79 Å². The lowest BCUT2D eigenvalue weighted by atomic mass is 10.1. The Kier molecular flexibility index (Phi) is 4.14. The number of hydrogen-bond acceptors (Lipinski definition) is 5. The van der Waals surface area contributed by atoms with Gasteiger partial charge in [-0.3, -0.25) is 4.79 Å². The molecule has 0 atom stereocenters. The number of benzene rings is 1. The first-order chi connectivity index (χ1) is 12.6. The Morgan fingerprint density at radius 3 is 2.54 bits per heavy atom. The first-order valence-electron chi connectivity index (χ1n) is 8.05. The van der Waals surface area contributed by atoms with Crippen molar-refractivity contribution in [3.8, 4) is 16.5 Å². The van der Waals surface area contributed by atoms with E-state index in [4.69, 9.17) is 4.42 Å². The summed E-state index contributed by atoms with van der Waals surface area (Å²) in [6.07, 6.45) is 5.18. The van der Waals surface area contributed by atoms with Gasteiger partial charge in [-0.05, 0) is 55.8 Å². The molecule has 4 rings (SSSR count). The summed E-state index contributed by atoms with van der Waals surface area (Å²) in [5, 5.41) is 11.4. The van der Waals surface area contributed by atoms with Crippen LogP contribution < -0.4 is 5.32 Å². The van der Waals surface area contributed by atoms with Crippen molar-refractivity contribution < 1.29 is 9.21 Å². The number of rotatable bonds is 4. The van der Waals surface area contributed by atoms with Crippen LogP contribution in [-0.2, 0) is 0 Å². The van der Waals surface area contributed by atoms with E-state index in [2.05, 4.69) is 15.5 Å². The third-order valence-electron chi connectivity index (χ3n) is 4.18. The summed E-state index contributed by atoms with van der Waals surface area (Å²) >= 11 is 1.61. The summed E-state index contributed by atoms with van der Waals surface area (Å²) in [7, 11) is 0. The SMILES string of the molecule is Cc1sc(-n2cccc2)c(C(=O)Nc2ccc(-c3nnco3)cc2)c1C. The van der Waals surface area contributed by atoms with E-state index in [0.717, 1.165) is 21.0 Å². The lowest BCUT2D eigenvalue weighted by Gasteiger charge is -2.09. The summed E-state index contributed by atoms with van der Waals surface area (Å²) < 4.78 is 7.14. The van der Waals surface area contributed by atoms with Gasteiger partial charge in [0.1, 0.15) is 5.00 Å². The predicted molar refractivity (Wildman–Crippen MR) is 101 cm³/mol. The summed E-state index contributed by atoms with van der Waals surface area (Å²) in [6, 6.07) is 11.2. The number of nitrogens with one attached hydrogen (secondary N) is 1. The van der Waals surface area contributed by atoms with Crippen molar-refractivity contribution in [2.24, 2.45) is 0 Å². The minimum atomic E-state index is -0.124. The summed E-state index contributed by atoms with van der Waals surface area (Å²) in [6.45, 7) is 4.01. The second kappa shape index (κ2) is 6.61. The maximum absolute atomic E-state index is 12.9. The number of aromatic nitrogens is 3. The molecule has 0 aliphatic rings. The number of anilines is 1. The average Bonchev–Trinajstić information content (AvgIpc) is 3.38. The maximum Gasteiger partial charge on any atom is 0.258 e. The lowest BCUT2D eigenvalue weighted by Crippen LogP contribution is -2.14. The molecule has 1 N–H and O–H groups in total. The summed E-state index contributed by atoms with van der Waals surface area (Å²) in [4.78, 5) is 14.0. The molecule has 4 aromatic rings. The third kappa shape index (κ3) is 2.93. The smallest absolute Gasteiger partial charge is 0.258 e. The molecule has 1 amide bonds. The minimum absolute atomic E-state index is 0.124. The first kappa shape index (κ1) is 16.3. The topological polar surface area (TPSA) is 73.0 Å². The predicted octanol–water partition coefficient (Wildman–Crippen LogP) is 4.46. The zero-order valence-electron chi connectivity index (χ0n) is 14.3. The molecular formula is C19H16N4O2S. The van der Waals surface area contributed by atoms with Crippen LogP contribution in [0.4, 0.5) is 5.69 Å². The molecule has 0 unspecified atom stereocenters. The fourth-order valence-electron chi connectivity index (χ4n) is 2.72. The standard InChI is InChI=1S/C19H16N4O2S/c1-12-13(2)26-19(23-9-3-4-10-23)16(12)17(24)21-15-7-5-14(6-8-15)18-22-20-11-25-18/h3-11H,1-2H3,(H,21,24). The quantitative estimate of drug-likeness (QED) is 0.580. The van der Waals surface area contributed by atoms with Crippen LogP contribution in [0.25, 0.3) is 16.5 Å². The average molecular weight is 364 g/mol. The van der Waals surface area contributed by atoms with Gasteiger partial charge in [0, 0.05) is 28.5 Å². The molecule has 3 heterocycles. The Balaban J connectivity index is 1.61. The van der Waals surface area contributed by atoms with Crippen LogP contribution in [-0.4, -0.2) is 20.7 Å². The summed E-state index contributed by atoms with van der Waals surface area (Å²) in [5.41, 5.74) is 3.21. The molecule has 130 valence electrons. The Labute approximate surface area is 154 Å². The van der Waals surface area contributed by atoms with Crippen molar-refractivity contribution in [3.05, 3.63) is 71.2 Å². The number of carbonyl (C=O) groups excluding carboxylic acids is 1. The van der Waals surface area contributed by atoms with Gasteiger partial charge in [-0.15, -0.1) is 21.5 Å². The van der Waals surface area contributed by atoms with Gasteiger partial charge in [0.2, 0.25) is 12.3 Å². The van der Waals surface area contributed by atoms with E-state index in [0.29, 0.717) is 17.1 Å². The largest absolute Gasteiger partial charge is 0.423 e. The number of thiophene rings is 1. The minimum Gasteiger partial charge on any atom is -0.423 e. The number of amides is 1. The van der Waals surface area contributed by atoms with Crippen LogP contribution in [0.3, 0.4) is 0 Å². The number of nitrogens with zero attached hydrogens (tertiary/aromatic N) is 3. The Morgan fingerprint density at radius 2 is 1.88 bits per heavy atom. The highest BCUT2D eigenvalue weighted by molar-refractivity contribution is 7.15. The van der Waals surface area contributed by atoms with Gasteiger partial charge in [-0.2, -0.15) is 0 Å². The summed E-state index contributed by atoms with van der Waals surface area (Å²) in [5.74, 6) is 0.322. The molecule has 7 heteroatoms. The number of aryl methyl sites for hydroxylation is 1. The van der Waals surface area contributed by atoms with Crippen molar-refractivity contribution >= 4 is 22.9 Å². The molecule has 6 nitrogen and oxygen atoms in total. The first-order valence-corrected chi connectivity index (χ1v) is 8.86. The molecule has 1 aromatic carbocycles. The van der Waals surface area contributed by atoms with Gasteiger partial charge in [0.25, 0.3) is 5.91 Å². The van der Waals surface area contributed by atoms with Gasteiger partial charge in [0.05, 0.1) is 5.56 Å². The highest BCUT2D eigenvalue weighted by Gasteiger charge is 2.20. The lowest BCUT2D eigenvalue weighted by molar-refractivity contribution is 0.102. The molecule has 0 fully saturated rings. The van der Waals surface area contributed by atoms with Gasteiger partial charge >= 0.3 is 0 Å². The van der Waals surface area contributed by atoms with Gasteiger partial charge in [-0.1, -0.05) is 0 Å². The molecule has 26 heavy (non-hydrogen) atoms. The van der Waals surface area contributed by atoms with Crippen LogP contribution >= 0.6 is 11.3 Å². The van der Waals surface area contributed by atoms with E-state index < -0.39 is 0 Å². The zero-order valence-corrected chi connectivity index (χ0v) is 15.1. The third-order valence-corrected chi connectivity index (χ3v) is 5.40. The van der Waals surface area contributed by atoms with E-state index >= 15 is 0 Å². The number of carbonyl (C=O) groups is 1. The van der Waals surface area contributed by atoms with Crippen LogP contribution in [0.2, 0.25) is 0 Å². The highest BCUT2D eigenvalue weighted by atomic mass is 32.1. The zero-order chi connectivity index (χ0) is 18.1.